The van der Waals surface area contributed by atoms with Gasteiger partial charge >= 0.3 is 0 Å². The summed E-state index contributed by atoms with van der Waals surface area (Å²) in [4.78, 5) is 8.35. The predicted molar refractivity (Wildman–Crippen MR) is 259 cm³/mol. The van der Waals surface area contributed by atoms with E-state index in [2.05, 4.69) is 125 Å². The van der Waals surface area contributed by atoms with E-state index in [1.165, 1.54) is 0 Å². The largest absolute Gasteiger partial charge is 0.456 e. The molecule has 6 nitrogen and oxygen atoms in total. The third-order valence-electron chi connectivity index (χ3n) is 12.4. The predicted octanol–water partition coefficient (Wildman–Crippen LogP) is 16.4. The first-order chi connectivity index (χ1) is 31.7. The summed E-state index contributed by atoms with van der Waals surface area (Å²) in [5.74, 6) is 0. The van der Waals surface area contributed by atoms with Crippen molar-refractivity contribution in [3.05, 3.63) is 207 Å². The fourth-order valence-electron chi connectivity index (χ4n) is 9.40. The van der Waals surface area contributed by atoms with E-state index in [1.54, 1.807) is 6.20 Å². The lowest BCUT2D eigenvalue weighted by molar-refractivity contribution is 0.664. The Morgan fingerprint density at radius 1 is 0.266 bits per heavy atom. The maximum absolute atomic E-state index is 6.43. The van der Waals surface area contributed by atoms with Gasteiger partial charge in [-0.2, -0.15) is 0 Å². The molecule has 6 heteroatoms. The molecule has 14 aromatic rings. The molecule has 0 aliphatic rings. The molecule has 0 atom stereocenters. The summed E-state index contributed by atoms with van der Waals surface area (Å²) in [7, 11) is 0. The fraction of sp³-hybridized carbons (Fsp3) is 0. The zero-order valence-electron chi connectivity index (χ0n) is 34.2. The molecule has 6 heterocycles. The molecule has 64 heavy (non-hydrogen) atoms. The van der Waals surface area contributed by atoms with Gasteiger partial charge in [0.15, 0.2) is 0 Å². The second kappa shape index (κ2) is 14.4. The number of hydrogen-bond donors (Lipinski definition) is 0. The van der Waals surface area contributed by atoms with E-state index >= 15 is 0 Å². The average molecular weight is 823 g/mol. The molecular formula is C58H34N2O4. The first-order valence-corrected chi connectivity index (χ1v) is 21.3. The van der Waals surface area contributed by atoms with Gasteiger partial charge in [-0.15, -0.1) is 0 Å². The van der Waals surface area contributed by atoms with Gasteiger partial charge in [0.05, 0.1) is 0 Å². The fourth-order valence-corrected chi connectivity index (χ4v) is 9.40. The number of hydrogen-bond acceptors (Lipinski definition) is 6. The van der Waals surface area contributed by atoms with E-state index in [1.807, 2.05) is 85.3 Å². The van der Waals surface area contributed by atoms with Crippen LogP contribution in [0, 0.1) is 0 Å². The standard InChI is InChI=1S/2C29H17NO2/c1-3-9-24-21(7-1)27-26(31-24)16-23(29-28(27)22-8-2-4-10-25(22)32-29)19-13-11-18(12-14-19)20-6-5-15-30-17-20;1-3-7-24-21(5-1)27-26(31-24)17-23(29-28(27)22-6-2-4-8-25(22)32-29)20-11-9-18(10-12-20)19-13-15-30-16-14-19/h2*1-17H. The lowest BCUT2D eigenvalue weighted by Gasteiger charge is -2.06. The Bertz CT molecular complexity index is 3780. The Hall–Kier alpha value is -8.74. The topological polar surface area (TPSA) is 78.3 Å². The molecular weight excluding hydrogens is 789 g/mol. The smallest absolute Gasteiger partial charge is 0.144 e. The van der Waals surface area contributed by atoms with E-state index in [4.69, 9.17) is 17.7 Å². The van der Waals surface area contributed by atoms with Crippen molar-refractivity contribution in [3.8, 4) is 44.5 Å². The summed E-state index contributed by atoms with van der Waals surface area (Å²) in [6.07, 6.45) is 7.30. The van der Waals surface area contributed by atoms with Crippen LogP contribution in [0.4, 0.5) is 0 Å². The van der Waals surface area contributed by atoms with E-state index in [0.717, 1.165) is 132 Å². The van der Waals surface area contributed by atoms with Crippen molar-refractivity contribution < 1.29 is 17.7 Å². The molecule has 0 N–H and O–H groups in total. The third kappa shape index (κ3) is 5.73. The van der Waals surface area contributed by atoms with Gasteiger partial charge in [-0.05, 0) is 88.0 Å². The Labute approximate surface area is 365 Å². The van der Waals surface area contributed by atoms with Crippen LogP contribution in [0.25, 0.3) is 132 Å². The summed E-state index contributed by atoms with van der Waals surface area (Å²) in [6, 6.07) is 62.2. The Morgan fingerprint density at radius 3 is 1.11 bits per heavy atom. The van der Waals surface area contributed by atoms with Crippen molar-refractivity contribution in [2.45, 2.75) is 0 Å². The van der Waals surface area contributed by atoms with Crippen LogP contribution in [-0.2, 0) is 0 Å². The van der Waals surface area contributed by atoms with Crippen molar-refractivity contribution in [1.29, 1.82) is 0 Å². The van der Waals surface area contributed by atoms with Gasteiger partial charge in [0.2, 0.25) is 0 Å². The van der Waals surface area contributed by atoms with Crippen molar-refractivity contribution in [1.82, 2.24) is 9.97 Å². The van der Waals surface area contributed by atoms with Crippen LogP contribution in [0.5, 0.6) is 0 Å². The Balaban J connectivity index is 0.000000129. The lowest BCUT2D eigenvalue weighted by atomic mass is 9.96. The minimum absolute atomic E-state index is 0.872. The molecule has 0 aliphatic heterocycles. The molecule has 8 aromatic carbocycles. The summed E-state index contributed by atoms with van der Waals surface area (Å²) in [5.41, 5.74) is 15.8. The van der Waals surface area contributed by atoms with Crippen LogP contribution < -0.4 is 0 Å². The Kier molecular flexibility index (Phi) is 8.11. The van der Waals surface area contributed by atoms with E-state index in [-0.39, 0.29) is 0 Å². The van der Waals surface area contributed by atoms with Crippen molar-refractivity contribution in [2.75, 3.05) is 0 Å². The minimum atomic E-state index is 0.872. The maximum atomic E-state index is 6.43. The van der Waals surface area contributed by atoms with Gasteiger partial charge in [0.1, 0.15) is 44.7 Å². The molecule has 14 rings (SSSR count). The highest BCUT2D eigenvalue weighted by molar-refractivity contribution is 6.29. The number of pyridine rings is 2. The van der Waals surface area contributed by atoms with Crippen LogP contribution in [0.2, 0.25) is 0 Å². The van der Waals surface area contributed by atoms with Gasteiger partial charge in [-0.25, -0.2) is 0 Å². The highest BCUT2D eigenvalue weighted by atomic mass is 16.3. The Morgan fingerprint density at radius 2 is 0.656 bits per heavy atom. The highest BCUT2D eigenvalue weighted by Gasteiger charge is 2.22. The van der Waals surface area contributed by atoms with Crippen molar-refractivity contribution in [3.63, 3.8) is 0 Å². The molecule has 0 amide bonds. The summed E-state index contributed by atoms with van der Waals surface area (Å²) >= 11 is 0. The normalized spacial score (nSPS) is 11.8. The van der Waals surface area contributed by atoms with E-state index in [9.17, 15) is 0 Å². The summed E-state index contributed by atoms with van der Waals surface area (Å²) in [5, 5.41) is 8.86. The monoisotopic (exact) mass is 822 g/mol. The van der Waals surface area contributed by atoms with Crippen molar-refractivity contribution >= 4 is 87.8 Å². The zero-order valence-corrected chi connectivity index (χ0v) is 34.2. The molecule has 300 valence electrons. The van der Waals surface area contributed by atoms with Crippen LogP contribution in [0.1, 0.15) is 0 Å². The average Bonchev–Trinajstić information content (AvgIpc) is 4.14. The van der Waals surface area contributed by atoms with E-state index < -0.39 is 0 Å². The van der Waals surface area contributed by atoms with Crippen LogP contribution in [0.15, 0.2) is 224 Å². The first-order valence-electron chi connectivity index (χ1n) is 21.3. The molecule has 0 aliphatic carbocycles. The number of fused-ring (bicyclic) bond motifs is 14. The molecule has 0 spiro atoms. The first kappa shape index (κ1) is 36.0. The SMILES string of the molecule is c1ccc2c(c1)oc1cc(-c3ccc(-c4ccncc4)cc3)c3oc4ccccc4c3c12.c1cncc(-c2ccc(-c3cc4oc5ccccc5c4c4c3oc3ccccc34)cc2)c1. The number of nitrogens with zero attached hydrogens (tertiary/aromatic N) is 2. The second-order valence-corrected chi connectivity index (χ2v) is 16.0. The number of para-hydroxylation sites is 4. The summed E-state index contributed by atoms with van der Waals surface area (Å²) in [6.45, 7) is 0. The molecule has 6 aromatic heterocycles. The number of benzene rings is 8. The number of furan rings is 4. The lowest BCUT2D eigenvalue weighted by Crippen LogP contribution is -1.83. The zero-order chi connectivity index (χ0) is 42.1. The third-order valence-corrected chi connectivity index (χ3v) is 12.4. The molecule has 0 saturated carbocycles. The second-order valence-electron chi connectivity index (χ2n) is 16.0. The minimum Gasteiger partial charge on any atom is -0.456 e. The number of aromatic nitrogens is 2. The maximum Gasteiger partial charge on any atom is 0.144 e. The molecule has 0 radical (unpaired) electrons. The van der Waals surface area contributed by atoms with Gasteiger partial charge in [-0.3, -0.25) is 9.97 Å². The van der Waals surface area contributed by atoms with Gasteiger partial charge in [0, 0.05) is 79.0 Å². The van der Waals surface area contributed by atoms with Crippen LogP contribution in [-0.4, -0.2) is 9.97 Å². The van der Waals surface area contributed by atoms with Crippen molar-refractivity contribution in [2.24, 2.45) is 0 Å². The molecule has 0 bridgehead atoms. The van der Waals surface area contributed by atoms with E-state index in [0.29, 0.717) is 0 Å². The van der Waals surface area contributed by atoms with Gasteiger partial charge in [0.25, 0.3) is 0 Å². The van der Waals surface area contributed by atoms with Gasteiger partial charge < -0.3 is 17.7 Å². The molecule has 0 unspecified atom stereocenters. The van der Waals surface area contributed by atoms with Crippen LogP contribution in [0.3, 0.4) is 0 Å². The molecule has 0 fully saturated rings. The molecule has 0 saturated heterocycles. The summed E-state index contributed by atoms with van der Waals surface area (Å²) < 4.78 is 25.4. The quantitative estimate of drug-likeness (QED) is 0.176. The number of rotatable bonds is 4. The van der Waals surface area contributed by atoms with Gasteiger partial charge in [-0.1, -0.05) is 127 Å². The highest BCUT2D eigenvalue weighted by Crippen LogP contribution is 2.46. The van der Waals surface area contributed by atoms with Crippen LogP contribution >= 0.6 is 0 Å².